The second-order valence-corrected chi connectivity index (χ2v) is 3.07. The lowest BCUT2D eigenvalue weighted by Crippen LogP contribution is -2.03. The van der Waals surface area contributed by atoms with Crippen LogP contribution in [0.25, 0.3) is 10.9 Å². The Labute approximate surface area is 75.3 Å². The Balaban J connectivity index is 2.89. The van der Waals surface area contributed by atoms with Gasteiger partial charge in [0.25, 0.3) is 0 Å². The van der Waals surface area contributed by atoms with Crippen molar-refractivity contribution >= 4 is 23.5 Å². The molecule has 0 fully saturated rings. The summed E-state index contributed by atoms with van der Waals surface area (Å²) in [7, 11) is 0. The average Bonchev–Trinajstić information content (AvgIpc) is 2.04. The highest BCUT2D eigenvalue weighted by molar-refractivity contribution is 7.80. The summed E-state index contributed by atoms with van der Waals surface area (Å²) < 4.78 is 0. The molecule has 2 nitrogen and oxygen atoms in total. The van der Waals surface area contributed by atoms with Gasteiger partial charge in [-0.1, -0.05) is 12.1 Å². The van der Waals surface area contributed by atoms with Crippen LogP contribution in [0.15, 0.2) is 35.2 Å². The van der Waals surface area contributed by atoms with E-state index in [0.29, 0.717) is 0 Å². The number of nitrogens with one attached hydrogen (secondary N) is 1. The first-order chi connectivity index (χ1) is 5.77. The van der Waals surface area contributed by atoms with Crippen molar-refractivity contribution in [2.45, 2.75) is 4.90 Å². The number of aromatic amines is 1. The van der Waals surface area contributed by atoms with Crippen molar-refractivity contribution in [3.8, 4) is 5.88 Å². The molecule has 0 aliphatic heterocycles. The number of hydrogen-bond acceptors (Lipinski definition) is 2. The fourth-order valence-electron chi connectivity index (χ4n) is 1.20. The zero-order valence-electron chi connectivity index (χ0n) is 6.28. The number of benzene rings is 1. The van der Waals surface area contributed by atoms with Gasteiger partial charge in [0.05, 0.1) is 11.5 Å². The van der Waals surface area contributed by atoms with Crippen LogP contribution in [-0.4, -0.2) is 5.11 Å². The van der Waals surface area contributed by atoms with Crippen LogP contribution in [0.2, 0.25) is 0 Å². The van der Waals surface area contributed by atoms with Crippen LogP contribution in [0.1, 0.15) is 0 Å². The van der Waals surface area contributed by atoms with E-state index in [2.05, 4.69) is 17.6 Å². The van der Waals surface area contributed by atoms with Crippen LogP contribution in [0, 0.1) is 0 Å². The molecule has 60 valence electrons. The Hall–Kier alpha value is -1.22. The summed E-state index contributed by atoms with van der Waals surface area (Å²) >= 11 is 4.24. The van der Waals surface area contributed by atoms with Crippen LogP contribution in [0.5, 0.6) is 5.88 Å². The van der Waals surface area contributed by atoms with E-state index in [1.54, 1.807) is 6.07 Å². The van der Waals surface area contributed by atoms with Crippen LogP contribution in [-0.2, 0) is 0 Å². The highest BCUT2D eigenvalue weighted by Crippen LogP contribution is 2.20. The number of rotatable bonds is 0. The molecule has 1 aromatic carbocycles. The highest BCUT2D eigenvalue weighted by atomic mass is 32.1. The van der Waals surface area contributed by atoms with Crippen LogP contribution < -0.4 is 4.98 Å². The molecule has 2 aromatic rings. The number of hydrogen-bond donors (Lipinski definition) is 2. The number of aromatic nitrogens is 1. The maximum Gasteiger partial charge on any atom is 0.365 e. The van der Waals surface area contributed by atoms with Crippen LogP contribution >= 0.6 is 12.6 Å². The molecule has 2 N–H and O–H groups in total. The van der Waals surface area contributed by atoms with Gasteiger partial charge in [-0.2, -0.15) is 4.98 Å². The Morgan fingerprint density at radius 3 is 2.83 bits per heavy atom. The van der Waals surface area contributed by atoms with Gasteiger partial charge in [0.1, 0.15) is 0 Å². The monoisotopic (exact) mass is 178 g/mol. The minimum Gasteiger partial charge on any atom is -0.460 e. The van der Waals surface area contributed by atoms with Gasteiger partial charge in [0.2, 0.25) is 5.52 Å². The molecule has 0 bridgehead atoms. The molecule has 0 atom stereocenters. The molecule has 1 aromatic heterocycles. The van der Waals surface area contributed by atoms with Gasteiger partial charge in [-0.05, 0) is 6.07 Å². The SMILES string of the molecule is Oc1cc(S)c2ccccc2[nH+]1. The number of H-pyrrole nitrogens is 1. The zero-order valence-corrected chi connectivity index (χ0v) is 7.18. The minimum atomic E-state index is 0.138. The van der Waals surface area contributed by atoms with E-state index in [1.807, 2.05) is 24.3 Å². The number of thiol groups is 1. The summed E-state index contributed by atoms with van der Waals surface area (Å²) in [5, 5.41) is 10.2. The summed E-state index contributed by atoms with van der Waals surface area (Å²) in [5.41, 5.74) is 0.891. The third-order valence-electron chi connectivity index (χ3n) is 1.74. The van der Waals surface area contributed by atoms with Gasteiger partial charge in [0, 0.05) is 11.0 Å². The molecule has 0 aliphatic rings. The molecule has 0 spiro atoms. The fraction of sp³-hybridized carbons (Fsp3) is 0. The van der Waals surface area contributed by atoms with Crippen LogP contribution in [0.3, 0.4) is 0 Å². The molecule has 0 aliphatic carbocycles. The molecule has 0 unspecified atom stereocenters. The lowest BCUT2D eigenvalue weighted by atomic mass is 10.2. The smallest absolute Gasteiger partial charge is 0.365 e. The van der Waals surface area contributed by atoms with E-state index in [9.17, 15) is 5.11 Å². The number of aromatic hydroxyl groups is 1. The quantitative estimate of drug-likeness (QED) is 0.591. The lowest BCUT2D eigenvalue weighted by Gasteiger charge is -1.94. The fourth-order valence-corrected chi connectivity index (χ4v) is 1.51. The minimum absolute atomic E-state index is 0.138. The van der Waals surface area contributed by atoms with Crippen molar-refractivity contribution < 1.29 is 10.1 Å². The van der Waals surface area contributed by atoms with Crippen molar-refractivity contribution in [3.05, 3.63) is 30.3 Å². The summed E-state index contributed by atoms with van der Waals surface area (Å²) in [4.78, 5) is 3.62. The summed E-state index contributed by atoms with van der Waals surface area (Å²) in [6.45, 7) is 0. The van der Waals surface area contributed by atoms with Gasteiger partial charge in [-0.25, -0.2) is 0 Å². The van der Waals surface area contributed by atoms with Gasteiger partial charge < -0.3 is 5.11 Å². The first-order valence-electron chi connectivity index (χ1n) is 3.60. The Kier molecular flexibility index (Phi) is 1.66. The molecular formula is C9H8NOS+. The first-order valence-corrected chi connectivity index (χ1v) is 4.05. The van der Waals surface area contributed by atoms with E-state index in [0.717, 1.165) is 15.8 Å². The van der Waals surface area contributed by atoms with E-state index >= 15 is 0 Å². The molecule has 0 radical (unpaired) electrons. The predicted octanol–water partition coefficient (Wildman–Crippen LogP) is 1.65. The maximum atomic E-state index is 9.21. The second kappa shape index (κ2) is 2.68. The molecule has 0 saturated carbocycles. The Morgan fingerprint density at radius 1 is 1.25 bits per heavy atom. The molecule has 1 heterocycles. The predicted molar refractivity (Wildman–Crippen MR) is 49.4 cm³/mol. The Morgan fingerprint density at radius 2 is 2.00 bits per heavy atom. The van der Waals surface area contributed by atoms with Gasteiger partial charge in [0.15, 0.2) is 0 Å². The third-order valence-corrected chi connectivity index (χ3v) is 2.11. The summed E-state index contributed by atoms with van der Waals surface area (Å²) in [6.07, 6.45) is 0. The maximum absolute atomic E-state index is 9.21. The van der Waals surface area contributed by atoms with Gasteiger partial charge in [-0.3, -0.25) is 0 Å². The number of para-hydroxylation sites is 1. The van der Waals surface area contributed by atoms with Gasteiger partial charge >= 0.3 is 5.88 Å². The largest absolute Gasteiger partial charge is 0.460 e. The van der Waals surface area contributed by atoms with Crippen LogP contribution in [0.4, 0.5) is 0 Å². The van der Waals surface area contributed by atoms with Gasteiger partial charge in [-0.15, -0.1) is 12.6 Å². The lowest BCUT2D eigenvalue weighted by molar-refractivity contribution is -0.363. The standard InChI is InChI=1S/C9H7NOS/c11-9-5-8(12)6-3-1-2-4-7(6)10-9/h1-5H,(H2,10,11,12)/p+1. The number of pyridine rings is 1. The van der Waals surface area contributed by atoms with E-state index in [-0.39, 0.29) is 5.88 Å². The zero-order chi connectivity index (χ0) is 8.55. The molecular weight excluding hydrogens is 170 g/mol. The van der Waals surface area contributed by atoms with Crippen molar-refractivity contribution in [1.29, 1.82) is 0 Å². The first kappa shape index (κ1) is 7.43. The van der Waals surface area contributed by atoms with Crippen molar-refractivity contribution in [2.75, 3.05) is 0 Å². The molecule has 2 rings (SSSR count). The normalized spacial score (nSPS) is 10.4. The van der Waals surface area contributed by atoms with Crippen molar-refractivity contribution in [2.24, 2.45) is 0 Å². The molecule has 12 heavy (non-hydrogen) atoms. The number of fused-ring (bicyclic) bond motifs is 1. The molecule has 0 saturated heterocycles. The topological polar surface area (TPSA) is 34.4 Å². The second-order valence-electron chi connectivity index (χ2n) is 2.59. The van der Waals surface area contributed by atoms with Crippen molar-refractivity contribution in [1.82, 2.24) is 0 Å². The highest BCUT2D eigenvalue weighted by Gasteiger charge is 2.06. The average molecular weight is 178 g/mol. The molecule has 0 amide bonds. The third kappa shape index (κ3) is 1.12. The van der Waals surface area contributed by atoms with E-state index in [4.69, 9.17) is 0 Å². The molecule has 3 heteroatoms. The summed E-state index contributed by atoms with van der Waals surface area (Å²) in [5.74, 6) is 0.138. The van der Waals surface area contributed by atoms with E-state index < -0.39 is 0 Å². The Bertz CT molecular complexity index is 428. The van der Waals surface area contributed by atoms with Crippen molar-refractivity contribution in [3.63, 3.8) is 0 Å². The summed E-state index contributed by atoms with van der Waals surface area (Å²) in [6, 6.07) is 9.28. The van der Waals surface area contributed by atoms with E-state index in [1.165, 1.54) is 0 Å².